The lowest BCUT2D eigenvalue weighted by Gasteiger charge is -2.55. The Balaban J connectivity index is 1.55. The molecule has 162 valence electrons. The molecule has 1 nitrogen and oxygen atoms in total. The fourth-order valence-corrected chi connectivity index (χ4v) is 7.66. The number of hydrogen-bond donors (Lipinski definition) is 1. The van der Waals surface area contributed by atoms with Gasteiger partial charge in [-0.1, -0.05) is 77.0 Å². The van der Waals surface area contributed by atoms with Crippen molar-refractivity contribution in [2.75, 3.05) is 0 Å². The van der Waals surface area contributed by atoms with Gasteiger partial charge in [-0.3, -0.25) is 0 Å². The minimum atomic E-state index is -0.116. The van der Waals surface area contributed by atoms with Crippen molar-refractivity contribution in [2.45, 2.75) is 99.0 Å². The molecule has 1 N–H and O–H groups in total. The fraction of sp³-hybridized carbons (Fsp3) is 0.786. The molecular formula is C28H44O. The van der Waals surface area contributed by atoms with Crippen LogP contribution in [0.15, 0.2) is 35.5 Å². The molecule has 3 fully saturated rings. The van der Waals surface area contributed by atoms with E-state index in [1.165, 1.54) is 44.1 Å². The SMILES string of the molecule is C[C@H](/C=C/CC(C)(C)C)[C@H]1CC[C@H]2C3=CC=C4C[C@@H](O)CC[C@]4(C)[C@H]3CC[C@]12C. The molecule has 0 radical (unpaired) electrons. The number of hydrogen-bond acceptors (Lipinski definition) is 1. The van der Waals surface area contributed by atoms with Crippen LogP contribution in [0.1, 0.15) is 92.9 Å². The number of rotatable bonds is 3. The van der Waals surface area contributed by atoms with Gasteiger partial charge in [0, 0.05) is 0 Å². The van der Waals surface area contributed by atoms with Crippen LogP contribution in [-0.4, -0.2) is 11.2 Å². The fourth-order valence-electron chi connectivity index (χ4n) is 7.66. The molecule has 0 unspecified atom stereocenters. The summed E-state index contributed by atoms with van der Waals surface area (Å²) in [6.45, 7) is 14.6. The number of aliphatic hydroxyl groups is 1. The predicted octanol–water partition coefficient (Wildman–Crippen LogP) is 7.47. The van der Waals surface area contributed by atoms with Crippen molar-refractivity contribution < 1.29 is 5.11 Å². The molecule has 0 aromatic carbocycles. The third kappa shape index (κ3) is 3.71. The van der Waals surface area contributed by atoms with E-state index in [4.69, 9.17) is 0 Å². The van der Waals surface area contributed by atoms with E-state index >= 15 is 0 Å². The lowest BCUT2D eigenvalue weighted by atomic mass is 9.50. The molecule has 29 heavy (non-hydrogen) atoms. The van der Waals surface area contributed by atoms with Gasteiger partial charge in [-0.25, -0.2) is 0 Å². The first-order valence-corrected chi connectivity index (χ1v) is 12.3. The van der Waals surface area contributed by atoms with Crippen molar-refractivity contribution in [3.05, 3.63) is 35.5 Å². The lowest BCUT2D eigenvalue weighted by molar-refractivity contribution is 0.0383. The number of aliphatic hydroxyl groups excluding tert-OH is 1. The summed E-state index contributed by atoms with van der Waals surface area (Å²) < 4.78 is 0. The Morgan fingerprint density at radius 3 is 2.55 bits per heavy atom. The predicted molar refractivity (Wildman–Crippen MR) is 124 cm³/mol. The van der Waals surface area contributed by atoms with E-state index in [1.807, 2.05) is 0 Å². The second-order valence-electron chi connectivity index (χ2n) is 12.6. The average molecular weight is 397 g/mol. The van der Waals surface area contributed by atoms with Crippen molar-refractivity contribution in [2.24, 2.45) is 39.9 Å². The van der Waals surface area contributed by atoms with Crippen LogP contribution in [0, 0.1) is 39.9 Å². The Bertz CT molecular complexity index is 719. The molecule has 4 aliphatic rings. The first-order chi connectivity index (χ1) is 13.5. The zero-order valence-corrected chi connectivity index (χ0v) is 19.8. The van der Waals surface area contributed by atoms with E-state index in [9.17, 15) is 5.11 Å². The third-order valence-corrected chi connectivity index (χ3v) is 9.42. The summed E-state index contributed by atoms with van der Waals surface area (Å²) in [5.74, 6) is 2.99. The first kappa shape index (κ1) is 21.4. The highest BCUT2D eigenvalue weighted by molar-refractivity contribution is 5.39. The Morgan fingerprint density at radius 1 is 1.07 bits per heavy atom. The van der Waals surface area contributed by atoms with Crippen LogP contribution >= 0.6 is 0 Å². The summed E-state index contributed by atoms with van der Waals surface area (Å²) in [5, 5.41) is 10.2. The molecule has 4 rings (SSSR count). The standard InChI is InChI=1S/C28H44O/c1-19(8-7-15-26(2,3)4)23-11-12-24-22-10-9-20-18-21(29)13-16-27(20,5)25(22)14-17-28(23,24)6/h7-10,19,21,23-25,29H,11-18H2,1-6H3/b8-7+/t19-,21+,23-,24+,25+,27+,28-/m1/s1. The molecule has 0 aromatic rings. The van der Waals surface area contributed by atoms with Gasteiger partial charge in [-0.15, -0.1) is 0 Å². The molecule has 0 aliphatic heterocycles. The van der Waals surface area contributed by atoms with Crippen molar-refractivity contribution in [3.8, 4) is 0 Å². The number of allylic oxidation sites excluding steroid dienone is 5. The summed E-state index contributed by atoms with van der Waals surface area (Å²) in [4.78, 5) is 0. The molecule has 0 amide bonds. The van der Waals surface area contributed by atoms with Gasteiger partial charge in [-0.05, 0) is 91.3 Å². The van der Waals surface area contributed by atoms with E-state index in [0.29, 0.717) is 22.2 Å². The molecule has 0 saturated heterocycles. The maximum atomic E-state index is 10.2. The minimum absolute atomic E-state index is 0.116. The molecule has 0 spiro atoms. The Morgan fingerprint density at radius 2 is 1.83 bits per heavy atom. The van der Waals surface area contributed by atoms with Crippen molar-refractivity contribution >= 4 is 0 Å². The molecular weight excluding hydrogens is 352 g/mol. The number of fused-ring (bicyclic) bond motifs is 5. The molecule has 1 heteroatoms. The highest BCUT2D eigenvalue weighted by atomic mass is 16.3. The van der Waals surface area contributed by atoms with Gasteiger partial charge in [-0.2, -0.15) is 0 Å². The average Bonchev–Trinajstić information content (AvgIpc) is 2.98. The molecule has 0 bridgehead atoms. The minimum Gasteiger partial charge on any atom is -0.393 e. The summed E-state index contributed by atoms with van der Waals surface area (Å²) in [7, 11) is 0. The monoisotopic (exact) mass is 396 g/mol. The van der Waals surface area contributed by atoms with Crippen LogP contribution in [-0.2, 0) is 0 Å². The van der Waals surface area contributed by atoms with Gasteiger partial charge in [0.05, 0.1) is 6.10 Å². The van der Waals surface area contributed by atoms with Crippen molar-refractivity contribution in [3.63, 3.8) is 0 Å². The van der Waals surface area contributed by atoms with Gasteiger partial charge in [0.2, 0.25) is 0 Å². The summed E-state index contributed by atoms with van der Waals surface area (Å²) in [6.07, 6.45) is 19.5. The summed E-state index contributed by atoms with van der Waals surface area (Å²) in [5.41, 5.74) is 4.46. The molecule has 7 atom stereocenters. The van der Waals surface area contributed by atoms with Crippen LogP contribution < -0.4 is 0 Å². The Hall–Kier alpha value is -0.820. The van der Waals surface area contributed by atoms with Crippen LogP contribution in [0.25, 0.3) is 0 Å². The first-order valence-electron chi connectivity index (χ1n) is 12.3. The second-order valence-corrected chi connectivity index (χ2v) is 12.6. The summed E-state index contributed by atoms with van der Waals surface area (Å²) >= 11 is 0. The highest BCUT2D eigenvalue weighted by Gasteiger charge is 2.56. The van der Waals surface area contributed by atoms with E-state index in [1.54, 1.807) is 5.57 Å². The lowest BCUT2D eigenvalue weighted by Crippen LogP contribution is -2.46. The van der Waals surface area contributed by atoms with Crippen LogP contribution in [0.2, 0.25) is 0 Å². The molecule has 4 aliphatic carbocycles. The van der Waals surface area contributed by atoms with Gasteiger partial charge in [0.1, 0.15) is 0 Å². The Labute approximate surface area is 179 Å². The van der Waals surface area contributed by atoms with E-state index in [-0.39, 0.29) is 6.10 Å². The Kier molecular flexibility index (Phi) is 5.46. The van der Waals surface area contributed by atoms with Crippen molar-refractivity contribution in [1.29, 1.82) is 0 Å². The maximum Gasteiger partial charge on any atom is 0.0578 e. The van der Waals surface area contributed by atoms with Crippen molar-refractivity contribution in [1.82, 2.24) is 0 Å². The van der Waals surface area contributed by atoms with Crippen LogP contribution in [0.4, 0.5) is 0 Å². The molecule has 0 heterocycles. The largest absolute Gasteiger partial charge is 0.393 e. The van der Waals surface area contributed by atoms with Gasteiger partial charge in [0.15, 0.2) is 0 Å². The van der Waals surface area contributed by atoms with Crippen LogP contribution in [0.3, 0.4) is 0 Å². The van der Waals surface area contributed by atoms with E-state index in [2.05, 4.69) is 65.8 Å². The van der Waals surface area contributed by atoms with Gasteiger partial charge < -0.3 is 5.11 Å². The zero-order valence-electron chi connectivity index (χ0n) is 19.8. The topological polar surface area (TPSA) is 20.2 Å². The normalized spacial score (nSPS) is 43.3. The molecule has 0 aromatic heterocycles. The quantitative estimate of drug-likeness (QED) is 0.490. The van der Waals surface area contributed by atoms with Gasteiger partial charge in [0.25, 0.3) is 0 Å². The van der Waals surface area contributed by atoms with E-state index < -0.39 is 0 Å². The maximum absolute atomic E-state index is 10.2. The highest BCUT2D eigenvalue weighted by Crippen LogP contribution is 2.65. The summed E-state index contributed by atoms with van der Waals surface area (Å²) in [6, 6.07) is 0. The zero-order chi connectivity index (χ0) is 21.0. The third-order valence-electron chi connectivity index (χ3n) is 9.42. The van der Waals surface area contributed by atoms with Crippen LogP contribution in [0.5, 0.6) is 0 Å². The second kappa shape index (κ2) is 7.40. The van der Waals surface area contributed by atoms with Gasteiger partial charge >= 0.3 is 0 Å². The van der Waals surface area contributed by atoms with E-state index in [0.717, 1.165) is 30.6 Å². The molecule has 3 saturated carbocycles. The smallest absolute Gasteiger partial charge is 0.0578 e.